The van der Waals surface area contributed by atoms with E-state index in [1.54, 1.807) is 7.11 Å². The monoisotopic (exact) mass is 308 g/mol. The third kappa shape index (κ3) is 2.09. The van der Waals surface area contributed by atoms with Gasteiger partial charge in [0.2, 0.25) is 0 Å². The van der Waals surface area contributed by atoms with Crippen molar-refractivity contribution in [3.63, 3.8) is 0 Å². The summed E-state index contributed by atoms with van der Waals surface area (Å²) in [7, 11) is 1.76. The molecule has 0 aliphatic heterocycles. The summed E-state index contributed by atoms with van der Waals surface area (Å²) >= 11 is 3.93. The molecule has 0 saturated heterocycles. The summed E-state index contributed by atoms with van der Waals surface area (Å²) in [6.07, 6.45) is 4.34. The predicted molar refractivity (Wildman–Crippen MR) is 78.5 cm³/mol. The molecule has 2 fully saturated rings. The van der Waals surface area contributed by atoms with Crippen molar-refractivity contribution in [3.8, 4) is 5.75 Å². The van der Waals surface area contributed by atoms with Gasteiger partial charge in [0.1, 0.15) is 5.75 Å². The van der Waals surface area contributed by atoms with E-state index in [4.69, 9.17) is 4.74 Å². The Kier molecular flexibility index (Phi) is 3.17. The van der Waals surface area contributed by atoms with Gasteiger partial charge < -0.3 is 4.74 Å². The van der Waals surface area contributed by atoms with Gasteiger partial charge in [0.05, 0.1) is 7.11 Å². The van der Waals surface area contributed by atoms with Gasteiger partial charge in [0.15, 0.2) is 0 Å². The molecule has 3 atom stereocenters. The number of halogens is 1. The number of hydrogen-bond acceptors (Lipinski definition) is 1. The number of methoxy groups -OCH3 is 1. The van der Waals surface area contributed by atoms with Crippen molar-refractivity contribution < 1.29 is 4.74 Å². The van der Waals surface area contributed by atoms with Crippen molar-refractivity contribution >= 4 is 15.9 Å². The smallest absolute Gasteiger partial charge is 0.124 e. The van der Waals surface area contributed by atoms with Crippen molar-refractivity contribution in [3.05, 3.63) is 28.8 Å². The molecule has 1 aromatic rings. The van der Waals surface area contributed by atoms with Crippen LogP contribution in [-0.4, -0.2) is 7.11 Å². The molecule has 0 heterocycles. The Hall–Kier alpha value is -0.500. The predicted octanol–water partition coefficient (Wildman–Crippen LogP) is 4.79. The Bertz CT molecular complexity index is 435. The number of ether oxygens (including phenoxy) is 1. The fourth-order valence-electron chi connectivity index (χ4n) is 3.74. The van der Waals surface area contributed by atoms with Crippen LogP contribution in [0.1, 0.15) is 40.8 Å². The minimum absolute atomic E-state index is 0.522. The topological polar surface area (TPSA) is 9.23 Å². The van der Waals surface area contributed by atoms with Gasteiger partial charge in [0.25, 0.3) is 0 Å². The lowest BCUT2D eigenvalue weighted by molar-refractivity contribution is 0.408. The Balaban J connectivity index is 1.83. The van der Waals surface area contributed by atoms with Crippen LogP contribution >= 0.6 is 15.9 Å². The van der Waals surface area contributed by atoms with E-state index < -0.39 is 0 Å². The Morgan fingerprint density at radius 1 is 1.11 bits per heavy atom. The lowest BCUT2D eigenvalue weighted by Crippen LogP contribution is -2.06. The van der Waals surface area contributed by atoms with E-state index in [2.05, 4.69) is 41.9 Å². The molecule has 0 spiro atoms. The largest absolute Gasteiger partial charge is 0.496 e. The molecule has 0 aromatic heterocycles. The highest BCUT2D eigenvalue weighted by molar-refractivity contribution is 9.09. The summed E-state index contributed by atoms with van der Waals surface area (Å²) in [6, 6.07) is 4.57. The lowest BCUT2D eigenvalue weighted by Gasteiger charge is -2.21. The van der Waals surface area contributed by atoms with Gasteiger partial charge in [0, 0.05) is 4.83 Å². The molecule has 98 valence electrons. The van der Waals surface area contributed by atoms with Crippen LogP contribution in [0.25, 0.3) is 0 Å². The zero-order chi connectivity index (χ0) is 12.9. The molecule has 2 aliphatic rings. The number of hydrogen-bond donors (Lipinski definition) is 0. The summed E-state index contributed by atoms with van der Waals surface area (Å²) in [5.74, 6) is 3.97. The number of fused-ring (bicyclic) bond motifs is 1. The average molecular weight is 309 g/mol. The van der Waals surface area contributed by atoms with Crippen LogP contribution in [0.2, 0.25) is 0 Å². The van der Waals surface area contributed by atoms with Crippen LogP contribution in [0, 0.1) is 31.6 Å². The SMILES string of the molecule is COc1c(C)cc(C(Br)C2CC3CC3C2)cc1C. The standard InChI is InChI=1S/C16H21BrO/c1-9-4-13(5-10(2)16(9)18-3)15(17)14-7-11-6-12(11)8-14/h4-5,11-12,14-15H,6-8H2,1-3H3. The third-order valence-corrected chi connectivity index (χ3v) is 5.98. The van der Waals surface area contributed by atoms with Crippen molar-refractivity contribution in [1.29, 1.82) is 0 Å². The highest BCUT2D eigenvalue weighted by atomic mass is 79.9. The molecule has 0 radical (unpaired) electrons. The first-order valence-corrected chi connectivity index (χ1v) is 7.81. The van der Waals surface area contributed by atoms with Gasteiger partial charge in [-0.25, -0.2) is 0 Å². The molecular weight excluding hydrogens is 288 g/mol. The first-order chi connectivity index (χ1) is 8.60. The van der Waals surface area contributed by atoms with Crippen molar-refractivity contribution in [1.82, 2.24) is 0 Å². The van der Waals surface area contributed by atoms with Crippen molar-refractivity contribution in [2.45, 2.75) is 37.9 Å². The maximum atomic E-state index is 5.44. The highest BCUT2D eigenvalue weighted by Crippen LogP contribution is 2.58. The summed E-state index contributed by atoms with van der Waals surface area (Å²) in [5.41, 5.74) is 3.93. The molecule has 18 heavy (non-hydrogen) atoms. The number of rotatable bonds is 3. The number of aryl methyl sites for hydroxylation is 2. The van der Waals surface area contributed by atoms with Gasteiger partial charge >= 0.3 is 0 Å². The van der Waals surface area contributed by atoms with Crippen LogP contribution in [0.5, 0.6) is 5.75 Å². The summed E-state index contributed by atoms with van der Waals surface area (Å²) in [5, 5.41) is 0. The normalized spacial score (nSPS) is 31.0. The molecule has 2 saturated carbocycles. The van der Waals surface area contributed by atoms with Gasteiger partial charge in [-0.1, -0.05) is 28.1 Å². The summed E-state index contributed by atoms with van der Waals surface area (Å²) in [6.45, 7) is 4.28. The molecule has 0 amide bonds. The molecule has 1 aromatic carbocycles. The van der Waals surface area contributed by atoms with E-state index in [1.807, 2.05) is 0 Å². The maximum Gasteiger partial charge on any atom is 0.124 e. The second-order valence-corrected chi connectivity index (χ2v) is 7.06. The van der Waals surface area contributed by atoms with E-state index in [9.17, 15) is 0 Å². The quantitative estimate of drug-likeness (QED) is 0.729. The van der Waals surface area contributed by atoms with E-state index in [0.717, 1.165) is 23.5 Å². The minimum Gasteiger partial charge on any atom is -0.496 e. The molecular formula is C16H21BrO. The van der Waals surface area contributed by atoms with Crippen molar-refractivity contribution in [2.75, 3.05) is 7.11 Å². The number of benzene rings is 1. The van der Waals surface area contributed by atoms with E-state index in [-0.39, 0.29) is 0 Å². The summed E-state index contributed by atoms with van der Waals surface area (Å²) < 4.78 is 5.44. The molecule has 3 rings (SSSR count). The van der Waals surface area contributed by atoms with Gasteiger partial charge in [-0.2, -0.15) is 0 Å². The highest BCUT2D eigenvalue weighted by Gasteiger charge is 2.47. The van der Waals surface area contributed by atoms with Gasteiger partial charge in [-0.05, 0) is 67.6 Å². The first-order valence-electron chi connectivity index (χ1n) is 6.89. The summed E-state index contributed by atoms with van der Waals surface area (Å²) in [4.78, 5) is 0.522. The van der Waals surface area contributed by atoms with E-state index in [0.29, 0.717) is 4.83 Å². The third-order valence-electron chi connectivity index (χ3n) is 4.70. The fraction of sp³-hybridized carbons (Fsp3) is 0.625. The Morgan fingerprint density at radius 2 is 1.67 bits per heavy atom. The number of alkyl halides is 1. The minimum atomic E-state index is 0.522. The van der Waals surface area contributed by atoms with Crippen LogP contribution in [-0.2, 0) is 0 Å². The van der Waals surface area contributed by atoms with Crippen LogP contribution in [0.4, 0.5) is 0 Å². The zero-order valence-corrected chi connectivity index (χ0v) is 13.0. The zero-order valence-electron chi connectivity index (χ0n) is 11.4. The van der Waals surface area contributed by atoms with E-state index in [1.165, 1.54) is 36.0 Å². The molecule has 0 bridgehead atoms. The second kappa shape index (κ2) is 4.56. The van der Waals surface area contributed by atoms with Gasteiger partial charge in [-0.15, -0.1) is 0 Å². The Morgan fingerprint density at radius 3 is 2.17 bits per heavy atom. The van der Waals surface area contributed by atoms with Crippen LogP contribution in [0.3, 0.4) is 0 Å². The van der Waals surface area contributed by atoms with E-state index >= 15 is 0 Å². The Labute approximate surface area is 118 Å². The van der Waals surface area contributed by atoms with Crippen molar-refractivity contribution in [2.24, 2.45) is 17.8 Å². The lowest BCUT2D eigenvalue weighted by atomic mass is 9.92. The van der Waals surface area contributed by atoms with Crippen LogP contribution in [0.15, 0.2) is 12.1 Å². The second-order valence-electron chi connectivity index (χ2n) is 6.08. The van der Waals surface area contributed by atoms with Crippen LogP contribution < -0.4 is 4.74 Å². The fourth-order valence-corrected chi connectivity index (χ4v) is 4.43. The van der Waals surface area contributed by atoms with Gasteiger partial charge in [-0.3, -0.25) is 0 Å². The molecule has 2 heteroatoms. The molecule has 1 nitrogen and oxygen atoms in total. The molecule has 3 unspecified atom stereocenters. The first kappa shape index (κ1) is 12.5. The average Bonchev–Trinajstić information content (AvgIpc) is 2.95. The maximum absolute atomic E-state index is 5.44. The molecule has 2 aliphatic carbocycles. The molecule has 0 N–H and O–H groups in total.